The van der Waals surface area contributed by atoms with Crippen molar-refractivity contribution >= 4 is 137 Å². The van der Waals surface area contributed by atoms with Crippen molar-refractivity contribution in [3.8, 4) is 0 Å². The molecule has 0 heterocycles. The Morgan fingerprint density at radius 1 is 1.00 bits per heavy atom. The molecular formula is H5BrCsIPb. The molecule has 0 aromatic heterocycles. The molecule has 0 spiro atoms. The Morgan fingerprint density at radius 3 is 1.00 bits per heavy atom. The second-order valence-electron chi connectivity index (χ2n) is 0. The first kappa shape index (κ1) is 24.1. The zero-order valence-electron chi connectivity index (χ0n) is 1.52. The Bertz CT molecular complexity index is 8.00. The van der Waals surface area contributed by atoms with Crippen molar-refractivity contribution in [3.63, 3.8) is 0 Å². The van der Waals surface area contributed by atoms with Gasteiger partial charge in [-0.3, -0.25) is 0 Å². The van der Waals surface area contributed by atoms with Crippen LogP contribution in [0.4, 0.5) is 0 Å². The molecular weight excluding hydrogens is 547 g/mol. The molecule has 0 fully saturated rings. The van der Waals surface area contributed by atoms with Crippen molar-refractivity contribution in [2.24, 2.45) is 0 Å². The zero-order chi connectivity index (χ0) is 0. The van der Waals surface area contributed by atoms with Gasteiger partial charge in [0.15, 0.2) is 0 Å². The fourth-order valence-corrected chi connectivity index (χ4v) is 0. The first-order chi connectivity index (χ1) is 0. The molecule has 0 aromatic rings. The SMILES string of the molecule is Br.I.[CsH].[PbH2]. The van der Waals surface area contributed by atoms with E-state index in [9.17, 15) is 0 Å². The van der Waals surface area contributed by atoms with Crippen molar-refractivity contribution in [2.45, 2.75) is 0 Å². The molecule has 4 heavy (non-hydrogen) atoms. The Morgan fingerprint density at radius 2 is 1.00 bits per heavy atom. The average molecular weight is 552 g/mol. The maximum atomic E-state index is 0. The van der Waals surface area contributed by atoms with E-state index in [1.807, 2.05) is 0 Å². The fraction of sp³-hybridized carbons (Fsp3) is 0. The third kappa shape index (κ3) is 9.49. The van der Waals surface area contributed by atoms with Crippen LogP contribution in [0.1, 0.15) is 0 Å². The molecule has 2 radical (unpaired) electrons. The third-order valence-electron chi connectivity index (χ3n) is 0. The Labute approximate surface area is 133 Å². The fourth-order valence-electron chi connectivity index (χ4n) is 0. The summed E-state index contributed by atoms with van der Waals surface area (Å²) < 4.78 is 0. The molecule has 0 aliphatic rings. The summed E-state index contributed by atoms with van der Waals surface area (Å²) in [5.41, 5.74) is 0. The van der Waals surface area contributed by atoms with Crippen LogP contribution in [-0.2, 0) is 0 Å². The Kier molecular flexibility index (Phi) is 94.7. The summed E-state index contributed by atoms with van der Waals surface area (Å²) in [6.45, 7) is 0. The first-order valence-electron chi connectivity index (χ1n) is 0. The topological polar surface area (TPSA) is 0 Å². The molecule has 0 atom stereocenters. The number of halogens is 2. The molecule has 0 nitrogen and oxygen atoms in total. The number of hydrogen-bond donors (Lipinski definition) is 0. The van der Waals surface area contributed by atoms with Crippen molar-refractivity contribution in [1.82, 2.24) is 0 Å². The standard InChI is InChI=1S/BrH.Cs.HI.Pb.3H/h1H;;1H;;;;. The van der Waals surface area contributed by atoms with E-state index in [0.29, 0.717) is 0 Å². The van der Waals surface area contributed by atoms with Gasteiger partial charge in [0.05, 0.1) is 0 Å². The van der Waals surface area contributed by atoms with Crippen molar-refractivity contribution in [1.29, 1.82) is 0 Å². The van der Waals surface area contributed by atoms with Crippen LogP contribution in [0.2, 0.25) is 0 Å². The third-order valence-corrected chi connectivity index (χ3v) is 0. The molecule has 4 heteroatoms. The summed E-state index contributed by atoms with van der Waals surface area (Å²) in [5.74, 6) is 0. The molecule has 0 aliphatic carbocycles. The molecule has 0 N–H and O–H groups in total. The van der Waals surface area contributed by atoms with Gasteiger partial charge in [-0.2, -0.15) is 0 Å². The van der Waals surface area contributed by atoms with Gasteiger partial charge < -0.3 is 0 Å². The van der Waals surface area contributed by atoms with Crippen molar-refractivity contribution < 1.29 is 0 Å². The zero-order valence-corrected chi connectivity index (χ0v) is 11.1. The molecule has 0 saturated heterocycles. The van der Waals surface area contributed by atoms with E-state index in [0.717, 1.165) is 0 Å². The van der Waals surface area contributed by atoms with Crippen LogP contribution in [-0.4, -0.2) is 96.2 Å². The van der Waals surface area contributed by atoms with Crippen molar-refractivity contribution in [2.75, 3.05) is 0 Å². The minimum absolute atomic E-state index is 0. The normalized spacial score (nSPS) is 0. The molecule has 0 saturated carbocycles. The van der Waals surface area contributed by atoms with Gasteiger partial charge in [-0.25, -0.2) is 0 Å². The van der Waals surface area contributed by atoms with Gasteiger partial charge in [-0.15, -0.1) is 41.0 Å². The number of rotatable bonds is 0. The van der Waals surface area contributed by atoms with Gasteiger partial charge >= 0.3 is 96.2 Å². The van der Waals surface area contributed by atoms with Gasteiger partial charge in [-0.1, -0.05) is 0 Å². The van der Waals surface area contributed by atoms with Crippen LogP contribution >= 0.6 is 41.0 Å². The van der Waals surface area contributed by atoms with Crippen LogP contribution in [0.15, 0.2) is 0 Å². The monoisotopic (exact) mass is 552 g/mol. The van der Waals surface area contributed by atoms with E-state index in [4.69, 9.17) is 0 Å². The van der Waals surface area contributed by atoms with E-state index in [2.05, 4.69) is 0 Å². The molecule has 24 valence electrons. The van der Waals surface area contributed by atoms with Gasteiger partial charge in [0.25, 0.3) is 0 Å². The van der Waals surface area contributed by atoms with Crippen LogP contribution in [0.3, 0.4) is 0 Å². The second kappa shape index (κ2) is 15.7. The van der Waals surface area contributed by atoms with Crippen molar-refractivity contribution in [3.05, 3.63) is 0 Å². The average Bonchev–Trinajstić information content (AvgIpc) is 0. The first-order valence-corrected chi connectivity index (χ1v) is 0. The Balaban J connectivity index is 0. The molecule has 0 aromatic carbocycles. The van der Waals surface area contributed by atoms with E-state index in [1.165, 1.54) is 0 Å². The Hall–Kier alpha value is 4.18. The van der Waals surface area contributed by atoms with Crippen LogP contribution in [0.25, 0.3) is 0 Å². The summed E-state index contributed by atoms with van der Waals surface area (Å²) in [6, 6.07) is 0. The predicted octanol–water partition coefficient (Wildman–Crippen LogP) is -0.369. The maximum absolute atomic E-state index is 0. The summed E-state index contributed by atoms with van der Waals surface area (Å²) in [4.78, 5) is 0. The second-order valence-corrected chi connectivity index (χ2v) is 0. The van der Waals surface area contributed by atoms with Gasteiger partial charge in [0, 0.05) is 0 Å². The van der Waals surface area contributed by atoms with Crippen LogP contribution in [0, 0.1) is 0 Å². The summed E-state index contributed by atoms with van der Waals surface area (Å²) in [7, 11) is 0. The van der Waals surface area contributed by atoms with Gasteiger partial charge in [0.1, 0.15) is 0 Å². The summed E-state index contributed by atoms with van der Waals surface area (Å²) >= 11 is 0. The number of hydrogen-bond acceptors (Lipinski definition) is 0. The van der Waals surface area contributed by atoms with Gasteiger partial charge in [-0.05, 0) is 0 Å². The van der Waals surface area contributed by atoms with E-state index < -0.39 is 0 Å². The summed E-state index contributed by atoms with van der Waals surface area (Å²) in [6.07, 6.45) is 0. The molecule has 0 amide bonds. The quantitative estimate of drug-likeness (QED) is 0.285. The molecule has 0 bridgehead atoms. The van der Waals surface area contributed by atoms with E-state index in [-0.39, 0.29) is 137 Å². The van der Waals surface area contributed by atoms with E-state index in [1.54, 1.807) is 0 Å². The van der Waals surface area contributed by atoms with Crippen LogP contribution in [0.5, 0.6) is 0 Å². The molecule has 0 unspecified atom stereocenters. The predicted molar refractivity (Wildman–Crippen MR) is 41.4 cm³/mol. The summed E-state index contributed by atoms with van der Waals surface area (Å²) in [5, 5.41) is 0. The molecule has 0 rings (SSSR count). The minimum atomic E-state index is 0. The van der Waals surface area contributed by atoms with E-state index >= 15 is 0 Å². The molecule has 0 aliphatic heterocycles. The van der Waals surface area contributed by atoms with Gasteiger partial charge in [0.2, 0.25) is 0 Å². The van der Waals surface area contributed by atoms with Crippen LogP contribution < -0.4 is 0 Å².